The van der Waals surface area contributed by atoms with Gasteiger partial charge in [0, 0.05) is 75.7 Å². The van der Waals surface area contributed by atoms with Crippen LogP contribution < -0.4 is 59.3 Å². The van der Waals surface area contributed by atoms with Crippen molar-refractivity contribution in [2.24, 2.45) is 22.2 Å². The fourth-order valence-electron chi connectivity index (χ4n) is 9.66. The Hall–Kier alpha value is -7.97. The number of aromatic nitrogens is 1. The highest BCUT2D eigenvalue weighted by Gasteiger charge is 2.46. The average Bonchev–Trinajstić information content (AvgIpc) is 3.79. The smallest absolute Gasteiger partial charge is 0.246 e. The summed E-state index contributed by atoms with van der Waals surface area (Å²) in [6.07, 6.45) is 3.82. The number of unbranched alkanes of at least 4 members (excludes halogenated alkanes) is 1. The maximum absolute atomic E-state index is 15.4. The number of para-hydroxylation sites is 1. The summed E-state index contributed by atoms with van der Waals surface area (Å²) < 4.78 is 0. The van der Waals surface area contributed by atoms with Crippen LogP contribution in [0.1, 0.15) is 93.4 Å². The lowest BCUT2D eigenvalue weighted by atomic mass is 9.76. The maximum Gasteiger partial charge on any atom is 0.246 e. The van der Waals surface area contributed by atoms with Crippen molar-refractivity contribution in [3.05, 3.63) is 101 Å². The van der Waals surface area contributed by atoms with Gasteiger partial charge in [0.25, 0.3) is 0 Å². The first kappa shape index (κ1) is 56.3. The van der Waals surface area contributed by atoms with E-state index in [0.717, 1.165) is 27.7 Å². The third kappa shape index (κ3) is 15.8. The van der Waals surface area contributed by atoms with Gasteiger partial charge in [-0.15, -0.1) is 0 Å². The highest BCUT2D eigenvalue weighted by molar-refractivity contribution is 6.00. The van der Waals surface area contributed by atoms with Crippen molar-refractivity contribution in [1.82, 2.24) is 42.2 Å². The van der Waals surface area contributed by atoms with Crippen LogP contribution in [-0.4, -0.2) is 121 Å². The molecule has 6 atom stereocenters. The molecule has 14 N–H and O–H groups in total. The third-order valence-electron chi connectivity index (χ3n) is 13.7. The van der Waals surface area contributed by atoms with Gasteiger partial charge in [-0.1, -0.05) is 74.0 Å². The molecule has 2 unspecified atom stereocenters. The Kier molecular flexibility index (Phi) is 20.1. The number of amides is 8. The van der Waals surface area contributed by atoms with E-state index >= 15 is 4.79 Å². The lowest BCUT2D eigenvalue weighted by Crippen LogP contribution is -2.67. The Labute approximate surface area is 437 Å². The Bertz CT molecular complexity index is 2700. The number of hydrogen-bond acceptors (Lipinski definition) is 10. The summed E-state index contributed by atoms with van der Waals surface area (Å²) in [4.78, 5) is 123. The first-order valence-corrected chi connectivity index (χ1v) is 25.8. The number of aromatic amines is 1. The SMILES string of the molecule is CCCCC(=O)NC1CC(=O)NCCCC[C@@H](C(N)=O)NC(=O)[C@H](Cc2c[nH]c3ccccc23)NC(=O)[C@H](CCCN=C(N)N)NC(=O)[C@@H](Cc2ccccc2)NC(=O)C2(CCc3c(cccc3N(C)C)C2)NC1=O. The summed E-state index contributed by atoms with van der Waals surface area (Å²) in [6.45, 7) is 2.12. The molecule has 1 aliphatic carbocycles. The monoisotopic (exact) mass is 1030 g/mol. The minimum absolute atomic E-state index is 0.00797. The minimum Gasteiger partial charge on any atom is -0.377 e. The van der Waals surface area contributed by atoms with Crippen molar-refractivity contribution < 1.29 is 38.4 Å². The zero-order chi connectivity index (χ0) is 54.1. The molecule has 402 valence electrons. The number of H-pyrrole nitrogens is 1. The molecule has 8 amide bonds. The summed E-state index contributed by atoms with van der Waals surface area (Å²) in [5, 5.41) is 20.7. The lowest BCUT2D eigenvalue weighted by molar-refractivity contribution is -0.139. The summed E-state index contributed by atoms with van der Waals surface area (Å²) in [5.74, 6) is -5.73. The molecular formula is C54H73N13O8. The van der Waals surface area contributed by atoms with Crippen LogP contribution in [0.5, 0.6) is 0 Å². The van der Waals surface area contributed by atoms with E-state index in [-0.39, 0.29) is 70.4 Å². The number of primary amides is 1. The quantitative estimate of drug-likeness (QED) is 0.0479. The summed E-state index contributed by atoms with van der Waals surface area (Å²) in [7, 11) is 3.82. The van der Waals surface area contributed by atoms with Crippen molar-refractivity contribution in [1.29, 1.82) is 0 Å². The molecule has 0 radical (unpaired) electrons. The van der Waals surface area contributed by atoms with Gasteiger partial charge in [-0.2, -0.15) is 0 Å². The number of carbonyl (C=O) groups is 8. The molecule has 2 aliphatic rings. The molecule has 1 spiro atoms. The van der Waals surface area contributed by atoms with Gasteiger partial charge in [0.05, 0.1) is 6.42 Å². The van der Waals surface area contributed by atoms with Gasteiger partial charge >= 0.3 is 0 Å². The van der Waals surface area contributed by atoms with E-state index in [0.29, 0.717) is 43.2 Å². The molecule has 6 rings (SSSR count). The van der Waals surface area contributed by atoms with Crippen molar-refractivity contribution in [2.75, 3.05) is 32.1 Å². The number of guanidine groups is 1. The summed E-state index contributed by atoms with van der Waals surface area (Å²) >= 11 is 0. The van der Waals surface area contributed by atoms with Gasteiger partial charge in [0.2, 0.25) is 47.3 Å². The van der Waals surface area contributed by atoms with E-state index in [1.54, 1.807) is 36.5 Å². The zero-order valence-corrected chi connectivity index (χ0v) is 43.1. The van der Waals surface area contributed by atoms with E-state index in [2.05, 4.69) is 47.2 Å². The third-order valence-corrected chi connectivity index (χ3v) is 13.7. The lowest BCUT2D eigenvalue weighted by Gasteiger charge is -2.40. The van der Waals surface area contributed by atoms with Gasteiger partial charge in [-0.05, 0) is 85.8 Å². The number of rotatable bonds is 14. The van der Waals surface area contributed by atoms with Crippen LogP contribution in [0.25, 0.3) is 10.9 Å². The maximum atomic E-state index is 15.4. The first-order chi connectivity index (χ1) is 36.0. The number of nitrogens with two attached hydrogens (primary N) is 3. The van der Waals surface area contributed by atoms with Gasteiger partial charge in [0.15, 0.2) is 5.96 Å². The molecular weight excluding hydrogens is 959 g/mol. The molecule has 3 aromatic carbocycles. The number of benzene rings is 3. The predicted molar refractivity (Wildman–Crippen MR) is 286 cm³/mol. The molecule has 0 saturated carbocycles. The number of nitrogens with zero attached hydrogens (tertiary/aromatic N) is 2. The first-order valence-electron chi connectivity index (χ1n) is 25.8. The van der Waals surface area contributed by atoms with Crippen LogP contribution in [0.4, 0.5) is 5.69 Å². The van der Waals surface area contributed by atoms with Crippen molar-refractivity contribution in [2.45, 2.75) is 133 Å². The highest BCUT2D eigenvalue weighted by Crippen LogP contribution is 2.35. The predicted octanol–water partition coefficient (Wildman–Crippen LogP) is 0.906. The van der Waals surface area contributed by atoms with E-state index in [1.165, 1.54) is 0 Å². The molecule has 1 aliphatic heterocycles. The van der Waals surface area contributed by atoms with Gasteiger partial charge in [-0.3, -0.25) is 43.3 Å². The molecule has 75 heavy (non-hydrogen) atoms. The van der Waals surface area contributed by atoms with Crippen molar-refractivity contribution in [3.8, 4) is 0 Å². The Morgan fingerprint density at radius 3 is 2.23 bits per heavy atom. The molecule has 21 nitrogen and oxygen atoms in total. The Morgan fingerprint density at radius 1 is 0.787 bits per heavy atom. The van der Waals surface area contributed by atoms with Gasteiger partial charge in [0.1, 0.15) is 35.7 Å². The second kappa shape index (κ2) is 26.8. The molecule has 1 aromatic heterocycles. The summed E-state index contributed by atoms with van der Waals surface area (Å²) in [6, 6.07) is 15.5. The second-order valence-corrected chi connectivity index (χ2v) is 19.6. The van der Waals surface area contributed by atoms with Crippen LogP contribution in [0.2, 0.25) is 0 Å². The fourth-order valence-corrected chi connectivity index (χ4v) is 9.66. The minimum atomic E-state index is -1.71. The van der Waals surface area contributed by atoms with E-state index in [1.807, 2.05) is 68.4 Å². The molecule has 0 bridgehead atoms. The number of fused-ring (bicyclic) bond motifs is 2. The topological polar surface area (TPSA) is 330 Å². The van der Waals surface area contributed by atoms with Gasteiger partial charge < -0.3 is 64.3 Å². The van der Waals surface area contributed by atoms with E-state index in [4.69, 9.17) is 17.2 Å². The van der Waals surface area contributed by atoms with Crippen LogP contribution in [0.15, 0.2) is 84.0 Å². The Morgan fingerprint density at radius 2 is 1.49 bits per heavy atom. The normalized spacial score (nSPS) is 22.5. The fraction of sp³-hybridized carbons (Fsp3) is 0.463. The highest BCUT2D eigenvalue weighted by atomic mass is 16.2. The van der Waals surface area contributed by atoms with Crippen molar-refractivity contribution >= 4 is 69.8 Å². The van der Waals surface area contributed by atoms with Gasteiger partial charge in [-0.25, -0.2) is 0 Å². The standard InChI is InChI=1S/C54H73N13O8/c1-4-5-23-45(68)61-43-30-46(69)58-26-12-11-20-39(47(55)70)62-50(73)42(29-35-32-60-38-19-10-9-18-36(35)38)64-48(71)40(21-14-27-59-53(56)57)63-49(72)41(28-33-15-7-6-8-16-33)65-52(75)54(66-51(43)74)25-24-37-34(31-54)17-13-22-44(37)67(2)3/h6-10,13,15-19,22,32,39-43,60H,4-5,11-12,14,20-21,23-31H2,1-3H3,(H2,55,70)(H,58,69)(H,61,68)(H,62,73)(H,63,72)(H,64,71)(H,65,75)(H,66,74)(H4,56,57,59)/t39-,40-,41+,42-,43?,54?/m0/s1. The zero-order valence-electron chi connectivity index (χ0n) is 43.1. The Balaban J connectivity index is 1.42. The van der Waals surface area contributed by atoms with Crippen LogP contribution in [0.3, 0.4) is 0 Å². The molecule has 4 aromatic rings. The summed E-state index contributed by atoms with van der Waals surface area (Å²) in [5.41, 5.74) is 20.2. The number of carbonyl (C=O) groups excluding carboxylic acids is 8. The van der Waals surface area contributed by atoms with E-state index < -0.39 is 89.4 Å². The number of nitrogens with one attached hydrogen (secondary N) is 8. The van der Waals surface area contributed by atoms with Crippen molar-refractivity contribution in [3.63, 3.8) is 0 Å². The molecule has 1 saturated heterocycles. The average molecular weight is 1030 g/mol. The number of anilines is 1. The second-order valence-electron chi connectivity index (χ2n) is 19.6. The van der Waals surface area contributed by atoms with E-state index in [9.17, 15) is 33.6 Å². The van der Waals surface area contributed by atoms with Crippen LogP contribution in [-0.2, 0) is 64.0 Å². The van der Waals surface area contributed by atoms with Crippen LogP contribution >= 0.6 is 0 Å². The molecule has 2 heterocycles. The molecule has 1 fully saturated rings. The number of aliphatic imine (C=N–C) groups is 1. The number of hydrogen-bond donors (Lipinski definition) is 11. The molecule has 21 heteroatoms. The largest absolute Gasteiger partial charge is 0.377 e. The van der Waals surface area contributed by atoms with Crippen LogP contribution in [0, 0.1) is 0 Å².